The van der Waals surface area contributed by atoms with Gasteiger partial charge in [-0.3, -0.25) is 19.6 Å². The van der Waals surface area contributed by atoms with E-state index in [2.05, 4.69) is 351 Å². The fourth-order valence-electron chi connectivity index (χ4n) is 18.5. The number of nitrogens with zero attached hydrogens (tertiary/aromatic N) is 12. The lowest BCUT2D eigenvalue weighted by molar-refractivity contribution is 0.140. The van der Waals surface area contributed by atoms with Gasteiger partial charge in [0.1, 0.15) is 5.82 Å². The fourth-order valence-corrected chi connectivity index (χ4v) is 18.7. The third kappa shape index (κ3) is 25.8. The highest BCUT2D eigenvalue weighted by molar-refractivity contribution is 6.30. The van der Waals surface area contributed by atoms with Crippen molar-refractivity contribution in [3.05, 3.63) is 262 Å². The molecule has 18 heteroatoms. The lowest BCUT2D eigenvalue weighted by atomic mass is 10.0. The van der Waals surface area contributed by atoms with Crippen molar-refractivity contribution in [3.8, 4) is 47.4 Å². The van der Waals surface area contributed by atoms with E-state index in [9.17, 15) is 4.39 Å². The monoisotopic (exact) mass is 1720 g/mol. The maximum atomic E-state index is 13.0. The topological polar surface area (TPSA) is 93.8 Å². The van der Waals surface area contributed by atoms with Crippen molar-refractivity contribution < 1.29 is 4.39 Å². The highest BCUT2D eigenvalue weighted by Crippen LogP contribution is 2.32. The molecule has 127 heavy (non-hydrogen) atoms. The molecule has 0 radical (unpaired) electrons. The second-order valence-corrected chi connectivity index (χ2v) is 35.7. The van der Waals surface area contributed by atoms with E-state index >= 15 is 0 Å². The number of aromatic nitrogens is 4. The molecule has 0 amide bonds. The lowest BCUT2D eigenvalue weighted by Crippen LogP contribution is -2.41. The Morgan fingerprint density at radius 2 is 0.559 bits per heavy atom. The summed E-state index contributed by atoms with van der Waals surface area (Å²) in [6.07, 6.45) is 9.97. The first-order valence-corrected chi connectivity index (χ1v) is 46.7. The van der Waals surface area contributed by atoms with Crippen LogP contribution in [0.25, 0.3) is 43.6 Å². The quantitative estimate of drug-likeness (QED) is 0.0434. The largest absolute Gasteiger partial charge is 0.374 e. The van der Waals surface area contributed by atoms with E-state index in [1.54, 1.807) is 12.1 Å². The molecule has 4 saturated heterocycles. The summed E-state index contributed by atoms with van der Waals surface area (Å²) in [7, 11) is 17.6. The number of fused-ring (bicyclic) bond motifs is 4. The third-order valence-corrected chi connectivity index (χ3v) is 26.3. The van der Waals surface area contributed by atoms with E-state index < -0.39 is 0 Å². The van der Waals surface area contributed by atoms with Gasteiger partial charge in [0.25, 0.3) is 0 Å². The number of para-hydroxylation sites is 1. The second-order valence-electron chi connectivity index (χ2n) is 35.2. The molecule has 0 saturated carbocycles. The molecule has 4 fully saturated rings. The smallest absolute Gasteiger partial charge is 0.123 e. The molecule has 4 aromatic heterocycles. The van der Waals surface area contributed by atoms with Gasteiger partial charge in [-0.25, -0.2) is 4.39 Å². The molecule has 4 aliphatic rings. The van der Waals surface area contributed by atoms with Crippen LogP contribution in [0.2, 0.25) is 5.02 Å². The van der Waals surface area contributed by atoms with Crippen molar-refractivity contribution >= 4 is 78.0 Å². The Kier molecular flexibility index (Phi) is 34.6. The van der Waals surface area contributed by atoms with E-state index in [1.807, 2.05) is 42.5 Å². The average Bonchev–Trinajstić information content (AvgIpc) is 1.66. The maximum absolute atomic E-state index is 13.0. The van der Waals surface area contributed by atoms with Crippen LogP contribution in [0.5, 0.6) is 0 Å². The summed E-state index contributed by atoms with van der Waals surface area (Å²) in [5.74, 6) is 26.5. The van der Waals surface area contributed by atoms with Gasteiger partial charge in [0.2, 0.25) is 0 Å². The van der Waals surface area contributed by atoms with Crippen molar-refractivity contribution in [3.63, 3.8) is 0 Å². The zero-order chi connectivity index (χ0) is 89.1. The molecule has 0 spiro atoms. The molecule has 0 bridgehead atoms. The number of benzene rings is 8. The van der Waals surface area contributed by atoms with Gasteiger partial charge in [-0.2, -0.15) is 0 Å². The summed E-state index contributed by atoms with van der Waals surface area (Å²) in [6.45, 7) is 30.3. The van der Waals surface area contributed by atoms with Crippen LogP contribution in [0.1, 0.15) is 130 Å². The molecule has 16 nitrogen and oxygen atoms in total. The molecule has 666 valence electrons. The number of anilines is 4. The number of nitrogens with one attached hydrogen (secondary N) is 4. The summed E-state index contributed by atoms with van der Waals surface area (Å²) in [6, 6.07) is 71.5. The number of piperidine rings is 4. The van der Waals surface area contributed by atoms with Gasteiger partial charge in [0.15, 0.2) is 0 Å². The molecule has 0 aliphatic carbocycles. The summed E-state index contributed by atoms with van der Waals surface area (Å²) in [4.78, 5) is 19.9. The van der Waals surface area contributed by atoms with Crippen molar-refractivity contribution in [2.24, 2.45) is 0 Å². The van der Waals surface area contributed by atoms with Gasteiger partial charge >= 0.3 is 0 Å². The van der Waals surface area contributed by atoms with Crippen LogP contribution in [0, 0.1) is 60.1 Å². The zero-order valence-corrected chi connectivity index (χ0v) is 78.5. The minimum absolute atomic E-state index is 0.230. The van der Waals surface area contributed by atoms with Crippen LogP contribution < -0.4 is 21.3 Å². The van der Waals surface area contributed by atoms with Crippen LogP contribution in [-0.2, 0) is 52.4 Å². The van der Waals surface area contributed by atoms with Crippen LogP contribution in [-0.4, -0.2) is 217 Å². The number of hydrogen-bond donors (Lipinski definition) is 4. The molecular weight excluding hydrogens is 1590 g/mol. The summed E-state index contributed by atoms with van der Waals surface area (Å²) in [5, 5.41) is 19.4. The average molecular weight is 1720 g/mol. The van der Waals surface area contributed by atoms with Gasteiger partial charge in [0, 0.05) is 148 Å². The van der Waals surface area contributed by atoms with Gasteiger partial charge in [0.05, 0.1) is 49.0 Å². The first-order chi connectivity index (χ1) is 61.8. The van der Waals surface area contributed by atoms with Crippen molar-refractivity contribution in [1.82, 2.24) is 57.5 Å². The Hall–Kier alpha value is -10.7. The summed E-state index contributed by atoms with van der Waals surface area (Å²) >= 11 is 5.95. The normalized spacial score (nSPS) is 15.2. The van der Waals surface area contributed by atoms with E-state index in [4.69, 9.17) is 11.6 Å². The Morgan fingerprint density at radius 1 is 0.315 bits per heavy atom. The number of aryl methyl sites for hydroxylation is 5. The predicted molar refractivity (Wildman–Crippen MR) is 535 cm³/mol. The number of rotatable bonds is 24. The summed E-state index contributed by atoms with van der Waals surface area (Å²) in [5.41, 5.74) is 20.5. The van der Waals surface area contributed by atoms with Gasteiger partial charge < -0.3 is 59.1 Å². The van der Waals surface area contributed by atoms with E-state index in [0.29, 0.717) is 38.3 Å². The molecule has 0 atom stereocenters. The minimum Gasteiger partial charge on any atom is -0.374 e. The van der Waals surface area contributed by atoms with Crippen LogP contribution in [0.3, 0.4) is 0 Å². The van der Waals surface area contributed by atoms with E-state index in [1.165, 1.54) is 161 Å². The van der Waals surface area contributed by atoms with Gasteiger partial charge in [-0.05, 0) is 362 Å². The number of likely N-dealkylation sites (tertiary alicyclic amines) is 4. The molecule has 4 N–H and O–H groups in total. The van der Waals surface area contributed by atoms with E-state index in [0.717, 1.165) is 141 Å². The number of hydrogen-bond acceptors (Lipinski definition) is 12. The van der Waals surface area contributed by atoms with Crippen molar-refractivity contribution in [2.45, 2.75) is 163 Å². The molecule has 4 aliphatic heterocycles. The van der Waals surface area contributed by atoms with E-state index in [-0.39, 0.29) is 5.82 Å². The Morgan fingerprint density at radius 3 is 0.811 bits per heavy atom. The minimum atomic E-state index is -0.230. The first kappa shape index (κ1) is 93.9. The SMILES string of the molecule is CCn1c(C#CCNc2ccc(C)cc2)cc2c(CN3CCC(N(C)C)CC3)cccc21.CCn1c(C#CCNc2ccc(Cl)cc2)cc2c(CN3CCC(N(C)C)CC3)cccc21.CCn1c(C#CCNc2ccc(F)cc2)cc2c(CN3CCC(N(C)C)CC3)cccc21.CCn1c(C#CCNc2ccccc2)cc2c(CN3CCC(N(C)C)CC3)cccc21. The lowest BCUT2D eigenvalue weighted by Gasteiger charge is -2.35. The molecule has 8 aromatic carbocycles. The Bertz CT molecular complexity index is 5330. The fraction of sp³-hybridized carbons (Fsp3) is 0.413. The highest BCUT2D eigenvalue weighted by Gasteiger charge is 2.27. The molecule has 8 heterocycles. The summed E-state index contributed by atoms with van der Waals surface area (Å²) < 4.78 is 22.3. The first-order valence-electron chi connectivity index (χ1n) is 46.3. The Labute approximate surface area is 762 Å². The standard InChI is InChI=1S/C28H36N4.C27H33ClN4.C27H33FN4.C27H34N4/c1-5-32-26(9-7-17-29-24-13-11-22(2)12-14-24)20-27-23(8-6-10-28(27)32)21-31-18-15-25(16-19-31)30(3)4;2*1-4-32-25(8-6-16-29-23-12-10-22(28)11-13-23)19-26-21(7-5-9-27(26)32)20-31-17-14-24(15-18-31)30(2)3;1-4-31-25(13-9-17-28-23-11-6-5-7-12-23)20-26-22(10-8-14-27(26)31)21-30-18-15-24(16-19-30)29(2)3/h6,8,10-14,20,25,29H,5,15-19,21H2,1-4H3;2*5,7,9-13,19,24,29H,4,14-18,20H2,1-3H3;5-8,10-12,14,20,24,28H,4,15-19,21H2,1-3H3. The van der Waals surface area contributed by atoms with Crippen molar-refractivity contribution in [2.75, 3.05) is 156 Å². The zero-order valence-electron chi connectivity index (χ0n) is 77.8. The molecule has 0 unspecified atom stereocenters. The van der Waals surface area contributed by atoms with Gasteiger partial charge in [-0.15, -0.1) is 0 Å². The van der Waals surface area contributed by atoms with Crippen molar-refractivity contribution in [1.29, 1.82) is 0 Å². The predicted octanol–water partition coefficient (Wildman–Crippen LogP) is 19.7. The number of halogens is 2. The maximum Gasteiger partial charge on any atom is 0.123 e. The van der Waals surface area contributed by atoms with Gasteiger partial charge in [-0.1, -0.05) is 120 Å². The molecular formula is C109H136ClFN16. The van der Waals surface area contributed by atoms with Crippen LogP contribution in [0.15, 0.2) is 200 Å². The van der Waals surface area contributed by atoms with Crippen LogP contribution in [0.4, 0.5) is 27.1 Å². The van der Waals surface area contributed by atoms with Crippen LogP contribution >= 0.6 is 11.6 Å². The third-order valence-electron chi connectivity index (χ3n) is 26.0. The highest BCUT2D eigenvalue weighted by atomic mass is 35.5. The Balaban J connectivity index is 0.000000145. The second kappa shape index (κ2) is 46.8. The molecule has 12 aromatic rings. The molecule has 16 rings (SSSR count).